The molecule has 1 aromatic carbocycles. The number of hydrogen-bond donors (Lipinski definition) is 1. The molecule has 1 unspecified atom stereocenters. The average Bonchev–Trinajstić information content (AvgIpc) is 2.63. The molecule has 1 nitrogen and oxygen atoms in total. The number of benzene rings is 1. The Morgan fingerprint density at radius 1 is 1.17 bits per heavy atom. The first-order valence-corrected chi connectivity index (χ1v) is 12.7. The lowest BCUT2D eigenvalue weighted by atomic mass is 9.88. The van der Waals surface area contributed by atoms with E-state index in [1.165, 1.54) is 55.4 Å². The molecular weight excluding hydrogens is 332 g/mol. The summed E-state index contributed by atoms with van der Waals surface area (Å²) in [6.45, 7) is 6.95. The summed E-state index contributed by atoms with van der Waals surface area (Å²) in [5, 5.41) is 13.3. The van der Waals surface area contributed by atoms with Crippen LogP contribution in [0.2, 0.25) is 23.2 Å². The van der Waals surface area contributed by atoms with Crippen LogP contribution >= 0.6 is 11.6 Å². The van der Waals surface area contributed by atoms with Gasteiger partial charge in [0.05, 0.1) is 14.2 Å². The summed E-state index contributed by atoms with van der Waals surface area (Å²) in [6, 6.07) is 11.4. The Morgan fingerprint density at radius 2 is 1.79 bits per heavy atom. The fourth-order valence-corrected chi connectivity index (χ4v) is 8.59. The van der Waals surface area contributed by atoms with E-state index in [2.05, 4.69) is 26.8 Å². The first-order valence-electron chi connectivity index (χ1n) is 9.72. The molecule has 0 aliphatic heterocycles. The van der Waals surface area contributed by atoms with E-state index in [1.807, 2.05) is 24.3 Å². The average molecular weight is 365 g/mol. The third-order valence-electron chi connectivity index (χ3n) is 6.17. The van der Waals surface area contributed by atoms with E-state index < -0.39 is 14.2 Å². The molecular formula is C21H33ClOSi. The van der Waals surface area contributed by atoms with E-state index in [0.717, 1.165) is 5.56 Å². The van der Waals surface area contributed by atoms with Crippen molar-refractivity contribution in [2.45, 2.75) is 77.1 Å². The van der Waals surface area contributed by atoms with Crippen molar-refractivity contribution in [1.82, 2.24) is 0 Å². The molecule has 1 aliphatic rings. The SMILES string of the molecule is CC[Si](CC)(CC)/C(=C\C1CCCCC1)C(O)c1cccc(Cl)c1. The van der Waals surface area contributed by atoms with Gasteiger partial charge in [0, 0.05) is 5.02 Å². The standard InChI is InChI=1S/C21H33ClOSi/c1-4-24(5-2,6-3)20(15-17-11-8-7-9-12-17)21(23)18-13-10-14-19(22)16-18/h10,13-17,21,23H,4-9,11-12H2,1-3H3/b20-15-. The van der Waals surface area contributed by atoms with Crippen molar-refractivity contribution in [3.05, 3.63) is 46.1 Å². The Kier molecular flexibility index (Phi) is 7.58. The van der Waals surface area contributed by atoms with E-state index in [0.29, 0.717) is 10.9 Å². The lowest BCUT2D eigenvalue weighted by Gasteiger charge is -2.36. The Hall–Kier alpha value is -0.573. The Bertz CT molecular complexity index is 536. The van der Waals surface area contributed by atoms with Gasteiger partial charge in [-0.05, 0) is 36.5 Å². The minimum absolute atomic E-state index is 0.489. The number of aliphatic hydroxyl groups is 1. The van der Waals surface area contributed by atoms with Crippen LogP contribution in [0, 0.1) is 5.92 Å². The van der Waals surface area contributed by atoms with E-state index in [4.69, 9.17) is 11.6 Å². The normalized spacial score (nSPS) is 18.6. The Morgan fingerprint density at radius 3 is 2.33 bits per heavy atom. The number of allylic oxidation sites excluding steroid dienone is 1. The number of aliphatic hydroxyl groups excluding tert-OH is 1. The topological polar surface area (TPSA) is 20.2 Å². The van der Waals surface area contributed by atoms with Crippen LogP contribution in [0.1, 0.15) is 64.5 Å². The van der Waals surface area contributed by atoms with Crippen LogP contribution in [-0.4, -0.2) is 13.2 Å². The van der Waals surface area contributed by atoms with E-state index in [-0.39, 0.29) is 0 Å². The summed E-state index contributed by atoms with van der Waals surface area (Å²) in [5.74, 6) is 0.652. The maximum atomic E-state index is 11.3. The zero-order valence-electron chi connectivity index (χ0n) is 15.5. The molecule has 0 heterocycles. The summed E-state index contributed by atoms with van der Waals surface area (Å²) in [7, 11) is -1.63. The van der Waals surface area contributed by atoms with Crippen molar-refractivity contribution >= 4 is 19.7 Å². The van der Waals surface area contributed by atoms with E-state index in [9.17, 15) is 5.11 Å². The monoisotopic (exact) mass is 364 g/mol. The lowest BCUT2D eigenvalue weighted by Crippen LogP contribution is -2.38. The van der Waals surface area contributed by atoms with Crippen LogP contribution in [0.15, 0.2) is 35.5 Å². The van der Waals surface area contributed by atoms with Crippen molar-refractivity contribution in [3.63, 3.8) is 0 Å². The first kappa shape index (κ1) is 19.7. The molecule has 1 fully saturated rings. The molecule has 1 atom stereocenters. The predicted octanol–water partition coefficient (Wildman–Crippen LogP) is 6.93. The molecule has 3 heteroatoms. The summed E-state index contributed by atoms with van der Waals surface area (Å²) in [4.78, 5) is 0. The minimum Gasteiger partial charge on any atom is -0.384 e. The van der Waals surface area contributed by atoms with Gasteiger partial charge in [0.2, 0.25) is 0 Å². The summed E-state index contributed by atoms with van der Waals surface area (Å²) in [6.07, 6.45) is 8.61. The maximum Gasteiger partial charge on any atom is 0.0967 e. The van der Waals surface area contributed by atoms with Crippen LogP contribution in [0.25, 0.3) is 0 Å². The lowest BCUT2D eigenvalue weighted by molar-refractivity contribution is 0.220. The Balaban J connectivity index is 2.42. The molecule has 1 N–H and O–H groups in total. The molecule has 1 aromatic rings. The van der Waals surface area contributed by atoms with Crippen molar-refractivity contribution in [3.8, 4) is 0 Å². The van der Waals surface area contributed by atoms with Gasteiger partial charge < -0.3 is 5.11 Å². The second kappa shape index (κ2) is 9.21. The summed E-state index contributed by atoms with van der Waals surface area (Å²) < 4.78 is 0. The number of hydrogen-bond acceptors (Lipinski definition) is 1. The van der Waals surface area contributed by atoms with Gasteiger partial charge >= 0.3 is 0 Å². The van der Waals surface area contributed by atoms with Gasteiger partial charge in [0.1, 0.15) is 0 Å². The minimum atomic E-state index is -1.63. The van der Waals surface area contributed by atoms with Gasteiger partial charge in [-0.2, -0.15) is 0 Å². The molecule has 0 bridgehead atoms. The fraction of sp³-hybridized carbons (Fsp3) is 0.619. The highest BCUT2D eigenvalue weighted by Gasteiger charge is 2.36. The second-order valence-corrected chi connectivity index (χ2v) is 13.0. The van der Waals surface area contributed by atoms with Crippen LogP contribution in [0.4, 0.5) is 0 Å². The quantitative estimate of drug-likeness (QED) is 0.520. The highest BCUT2D eigenvalue weighted by Crippen LogP contribution is 2.39. The molecule has 0 radical (unpaired) electrons. The van der Waals surface area contributed by atoms with Crippen LogP contribution < -0.4 is 0 Å². The maximum absolute atomic E-state index is 11.3. The van der Waals surface area contributed by atoms with E-state index >= 15 is 0 Å². The molecule has 2 rings (SSSR count). The summed E-state index contributed by atoms with van der Waals surface area (Å²) in [5.41, 5.74) is 0.955. The molecule has 134 valence electrons. The highest BCUT2D eigenvalue weighted by atomic mass is 35.5. The van der Waals surface area contributed by atoms with Crippen molar-refractivity contribution in [1.29, 1.82) is 0 Å². The second-order valence-electron chi connectivity index (χ2n) is 7.32. The zero-order valence-corrected chi connectivity index (χ0v) is 17.3. The molecule has 1 aliphatic carbocycles. The fourth-order valence-electron chi connectivity index (χ4n) is 4.33. The van der Waals surface area contributed by atoms with Gasteiger partial charge in [-0.25, -0.2) is 0 Å². The van der Waals surface area contributed by atoms with Crippen molar-refractivity contribution in [2.24, 2.45) is 5.92 Å². The predicted molar refractivity (Wildman–Crippen MR) is 108 cm³/mol. The largest absolute Gasteiger partial charge is 0.384 e. The van der Waals surface area contributed by atoms with Crippen LogP contribution in [-0.2, 0) is 0 Å². The van der Waals surface area contributed by atoms with E-state index in [1.54, 1.807) is 0 Å². The smallest absolute Gasteiger partial charge is 0.0967 e. The molecule has 0 saturated heterocycles. The molecule has 0 spiro atoms. The third kappa shape index (κ3) is 4.53. The Labute approximate surface area is 154 Å². The van der Waals surface area contributed by atoms with Gasteiger partial charge in [-0.1, -0.05) is 93.2 Å². The van der Waals surface area contributed by atoms with Gasteiger partial charge in [0.25, 0.3) is 0 Å². The van der Waals surface area contributed by atoms with Gasteiger partial charge in [-0.3, -0.25) is 0 Å². The van der Waals surface area contributed by atoms with Crippen LogP contribution in [0.5, 0.6) is 0 Å². The molecule has 0 amide bonds. The molecule has 0 aromatic heterocycles. The van der Waals surface area contributed by atoms with Crippen LogP contribution in [0.3, 0.4) is 0 Å². The number of rotatable bonds is 7. The summed E-state index contributed by atoms with van der Waals surface area (Å²) >= 11 is 6.18. The molecule has 1 saturated carbocycles. The highest BCUT2D eigenvalue weighted by molar-refractivity contribution is 6.86. The van der Waals surface area contributed by atoms with Gasteiger partial charge in [0.15, 0.2) is 0 Å². The third-order valence-corrected chi connectivity index (χ3v) is 12.1. The molecule has 24 heavy (non-hydrogen) atoms. The number of halogens is 1. The first-order chi connectivity index (χ1) is 11.6. The van der Waals surface area contributed by atoms with Gasteiger partial charge in [-0.15, -0.1) is 0 Å². The van der Waals surface area contributed by atoms with Crippen molar-refractivity contribution < 1.29 is 5.11 Å². The zero-order chi connectivity index (χ0) is 17.6. The van der Waals surface area contributed by atoms with Crippen molar-refractivity contribution in [2.75, 3.05) is 0 Å².